The van der Waals surface area contributed by atoms with Gasteiger partial charge in [0.1, 0.15) is 0 Å². The van der Waals surface area contributed by atoms with Crippen molar-refractivity contribution in [3.8, 4) is 0 Å². The highest BCUT2D eigenvalue weighted by Gasteiger charge is 2.15. The summed E-state index contributed by atoms with van der Waals surface area (Å²) < 4.78 is 7.01. The summed E-state index contributed by atoms with van der Waals surface area (Å²) in [5, 5.41) is 0. The third-order valence-electron chi connectivity index (χ3n) is 4.11. The van der Waals surface area contributed by atoms with Crippen LogP contribution in [-0.4, -0.2) is 23.9 Å². The molecule has 0 atom stereocenters. The number of esters is 1. The van der Waals surface area contributed by atoms with Crippen molar-refractivity contribution in [2.45, 2.75) is 31.7 Å². The number of carbonyl (C=O) groups excluding carboxylic acids is 1. The van der Waals surface area contributed by atoms with E-state index < -0.39 is 0 Å². The van der Waals surface area contributed by atoms with Gasteiger partial charge < -0.3 is 9.30 Å². The quantitative estimate of drug-likeness (QED) is 0.628. The Hall–Kier alpha value is -2.36. The largest absolute Gasteiger partial charge is 0.465 e. The van der Waals surface area contributed by atoms with Crippen LogP contribution in [0.15, 0.2) is 47.7 Å². The van der Waals surface area contributed by atoms with Crippen molar-refractivity contribution in [2.75, 3.05) is 7.11 Å². The Morgan fingerprint density at radius 1 is 1.32 bits per heavy atom. The predicted molar refractivity (Wildman–Crippen MR) is 87.0 cm³/mol. The van der Waals surface area contributed by atoms with Gasteiger partial charge in [-0.2, -0.15) is 0 Å². The fourth-order valence-corrected chi connectivity index (χ4v) is 2.92. The van der Waals surface area contributed by atoms with Crippen molar-refractivity contribution in [1.82, 2.24) is 4.57 Å². The van der Waals surface area contributed by atoms with Gasteiger partial charge in [0.05, 0.1) is 18.4 Å². The zero-order chi connectivity index (χ0) is 15.4. The number of aliphatic imine (C=N–C) groups is 1. The molecule has 1 aromatic heterocycles. The Kier molecular flexibility index (Phi) is 4.37. The molecule has 0 aliphatic heterocycles. The van der Waals surface area contributed by atoms with E-state index in [1.165, 1.54) is 32.8 Å². The zero-order valence-electron chi connectivity index (χ0n) is 12.7. The highest BCUT2D eigenvalue weighted by molar-refractivity contribution is 5.90. The maximum atomic E-state index is 11.5. The number of ether oxygens (including phenoxy) is 1. The molecule has 0 radical (unpaired) electrons. The Bertz CT molecular complexity index is 682. The molecule has 1 fully saturated rings. The molecule has 0 bridgehead atoms. The Morgan fingerprint density at radius 3 is 2.91 bits per heavy atom. The standard InChI is InChI=1S/C18H20N2O2/c1-22-18(21)15-5-4-6-16(11-15)19-12-14-9-10-20(13-14)17-7-2-3-8-17/h4-6,9-13,17H,2-3,7-8H2,1H3. The van der Waals surface area contributed by atoms with Gasteiger partial charge in [0, 0.05) is 30.2 Å². The van der Waals surface area contributed by atoms with E-state index in [4.69, 9.17) is 4.74 Å². The lowest BCUT2D eigenvalue weighted by atomic mass is 10.2. The fraction of sp³-hybridized carbons (Fsp3) is 0.333. The number of carbonyl (C=O) groups is 1. The molecule has 114 valence electrons. The summed E-state index contributed by atoms with van der Waals surface area (Å²) in [5.74, 6) is -0.343. The minimum atomic E-state index is -0.343. The summed E-state index contributed by atoms with van der Waals surface area (Å²) in [5.41, 5.74) is 2.34. The molecule has 1 aliphatic rings. The number of methoxy groups -OCH3 is 1. The Labute approximate surface area is 130 Å². The van der Waals surface area contributed by atoms with Crippen LogP contribution in [0.25, 0.3) is 0 Å². The molecule has 1 aromatic carbocycles. The van der Waals surface area contributed by atoms with Crippen LogP contribution in [0.2, 0.25) is 0 Å². The topological polar surface area (TPSA) is 43.6 Å². The van der Waals surface area contributed by atoms with Crippen molar-refractivity contribution < 1.29 is 9.53 Å². The molecule has 1 heterocycles. The monoisotopic (exact) mass is 296 g/mol. The first-order chi connectivity index (χ1) is 10.8. The molecule has 0 saturated heterocycles. The van der Waals surface area contributed by atoms with Gasteiger partial charge in [-0.15, -0.1) is 0 Å². The molecule has 0 unspecified atom stereocenters. The van der Waals surface area contributed by atoms with E-state index in [0.717, 1.165) is 11.3 Å². The first-order valence-corrected chi connectivity index (χ1v) is 7.66. The molecule has 1 saturated carbocycles. The van der Waals surface area contributed by atoms with Gasteiger partial charge in [0.15, 0.2) is 0 Å². The molecule has 22 heavy (non-hydrogen) atoms. The molecule has 0 amide bonds. The lowest BCUT2D eigenvalue weighted by Crippen LogP contribution is -2.00. The molecule has 3 rings (SSSR count). The van der Waals surface area contributed by atoms with E-state index >= 15 is 0 Å². The third kappa shape index (κ3) is 3.27. The maximum absolute atomic E-state index is 11.5. The molecule has 0 N–H and O–H groups in total. The van der Waals surface area contributed by atoms with Gasteiger partial charge in [0.2, 0.25) is 0 Å². The molecular formula is C18H20N2O2. The zero-order valence-corrected chi connectivity index (χ0v) is 12.7. The van der Waals surface area contributed by atoms with Crippen LogP contribution < -0.4 is 0 Å². The van der Waals surface area contributed by atoms with Gasteiger partial charge in [-0.05, 0) is 37.1 Å². The molecule has 4 nitrogen and oxygen atoms in total. The summed E-state index contributed by atoms with van der Waals surface area (Å²) in [6, 6.07) is 9.85. The molecule has 1 aliphatic carbocycles. The van der Waals surface area contributed by atoms with Crippen LogP contribution in [0.4, 0.5) is 5.69 Å². The lowest BCUT2D eigenvalue weighted by Gasteiger charge is -2.10. The number of rotatable bonds is 4. The van der Waals surface area contributed by atoms with E-state index in [-0.39, 0.29) is 5.97 Å². The van der Waals surface area contributed by atoms with Crippen LogP contribution in [0.5, 0.6) is 0 Å². The maximum Gasteiger partial charge on any atom is 0.337 e. The SMILES string of the molecule is COC(=O)c1cccc(N=Cc2ccn(C3CCCC3)c2)c1. The summed E-state index contributed by atoms with van der Waals surface area (Å²) >= 11 is 0. The average Bonchev–Trinajstić information content (AvgIpc) is 3.23. The van der Waals surface area contributed by atoms with E-state index in [1.807, 2.05) is 18.3 Å². The van der Waals surface area contributed by atoms with E-state index in [1.54, 1.807) is 12.1 Å². The number of hydrogen-bond acceptors (Lipinski definition) is 3. The predicted octanol–water partition coefficient (Wildman–Crippen LogP) is 4.14. The minimum Gasteiger partial charge on any atom is -0.465 e. The van der Waals surface area contributed by atoms with Crippen molar-refractivity contribution in [2.24, 2.45) is 4.99 Å². The van der Waals surface area contributed by atoms with Crippen molar-refractivity contribution in [3.05, 3.63) is 53.9 Å². The number of nitrogens with zero attached hydrogens (tertiary/aromatic N) is 2. The second-order valence-corrected chi connectivity index (χ2v) is 5.63. The van der Waals surface area contributed by atoms with Gasteiger partial charge in [-0.1, -0.05) is 18.9 Å². The summed E-state index contributed by atoms with van der Waals surface area (Å²) in [6.45, 7) is 0. The van der Waals surface area contributed by atoms with Crippen molar-refractivity contribution in [1.29, 1.82) is 0 Å². The van der Waals surface area contributed by atoms with Crippen LogP contribution in [0, 0.1) is 0 Å². The first-order valence-electron chi connectivity index (χ1n) is 7.66. The molecular weight excluding hydrogens is 276 g/mol. The number of aromatic nitrogens is 1. The highest BCUT2D eigenvalue weighted by Crippen LogP contribution is 2.29. The first kappa shape index (κ1) is 14.6. The van der Waals surface area contributed by atoms with Crippen LogP contribution >= 0.6 is 0 Å². The van der Waals surface area contributed by atoms with E-state index in [9.17, 15) is 4.79 Å². The summed E-state index contributed by atoms with van der Waals surface area (Å²) in [6.07, 6.45) is 11.3. The normalized spacial score (nSPS) is 15.5. The lowest BCUT2D eigenvalue weighted by molar-refractivity contribution is 0.0601. The number of hydrogen-bond donors (Lipinski definition) is 0. The van der Waals surface area contributed by atoms with E-state index in [0.29, 0.717) is 11.6 Å². The highest BCUT2D eigenvalue weighted by atomic mass is 16.5. The van der Waals surface area contributed by atoms with Gasteiger partial charge in [-0.3, -0.25) is 4.99 Å². The molecule has 4 heteroatoms. The Balaban J connectivity index is 1.72. The summed E-state index contributed by atoms with van der Waals surface area (Å²) in [7, 11) is 1.38. The second kappa shape index (κ2) is 6.60. The van der Waals surface area contributed by atoms with Gasteiger partial charge >= 0.3 is 5.97 Å². The third-order valence-corrected chi connectivity index (χ3v) is 4.11. The number of benzene rings is 1. The molecule has 0 spiro atoms. The molecule has 2 aromatic rings. The fourth-order valence-electron chi connectivity index (χ4n) is 2.92. The van der Waals surface area contributed by atoms with Gasteiger partial charge in [-0.25, -0.2) is 4.79 Å². The van der Waals surface area contributed by atoms with Crippen molar-refractivity contribution >= 4 is 17.9 Å². The van der Waals surface area contributed by atoms with Crippen molar-refractivity contribution in [3.63, 3.8) is 0 Å². The van der Waals surface area contributed by atoms with E-state index in [2.05, 4.69) is 28.0 Å². The van der Waals surface area contributed by atoms with Crippen LogP contribution in [-0.2, 0) is 4.74 Å². The summed E-state index contributed by atoms with van der Waals surface area (Å²) in [4.78, 5) is 16.0. The Morgan fingerprint density at radius 2 is 2.14 bits per heavy atom. The smallest absolute Gasteiger partial charge is 0.337 e. The second-order valence-electron chi connectivity index (χ2n) is 5.63. The minimum absolute atomic E-state index is 0.343. The van der Waals surface area contributed by atoms with Crippen LogP contribution in [0.3, 0.4) is 0 Å². The van der Waals surface area contributed by atoms with Crippen LogP contribution in [0.1, 0.15) is 47.6 Å². The average molecular weight is 296 g/mol. The van der Waals surface area contributed by atoms with Gasteiger partial charge in [0.25, 0.3) is 0 Å².